The number of carbonyl (C=O) groups excluding carboxylic acids is 1. The maximum atomic E-state index is 12.9. The minimum absolute atomic E-state index is 0.497. The number of aliphatic carboxylic acids is 1. The van der Waals surface area contributed by atoms with Gasteiger partial charge in [-0.2, -0.15) is 0 Å². The normalized spacial score (nSPS) is 13.3. The zero-order chi connectivity index (χ0) is 15.4. The van der Waals surface area contributed by atoms with Crippen LogP contribution in [0.5, 0.6) is 0 Å². The molecule has 0 aliphatic carbocycles. The van der Waals surface area contributed by atoms with E-state index in [1.807, 2.05) is 5.32 Å². The molecular weight excluding hydrogens is 275 g/mol. The Morgan fingerprint density at radius 2 is 2.05 bits per heavy atom. The average molecular weight is 286 g/mol. The minimum atomic E-state index is -1.63. The number of nitro groups is 1. The number of amides is 1. The first-order chi connectivity index (χ1) is 9.23. The second-order valence-electron chi connectivity index (χ2n) is 3.95. The molecule has 0 heterocycles. The molecule has 0 saturated carbocycles. The summed E-state index contributed by atoms with van der Waals surface area (Å²) < 4.78 is 12.9. The number of aliphatic hydroxyl groups excluding tert-OH is 1. The van der Waals surface area contributed by atoms with Gasteiger partial charge in [-0.05, 0) is 19.1 Å². The van der Waals surface area contributed by atoms with Crippen molar-refractivity contribution in [2.75, 3.05) is 0 Å². The summed E-state index contributed by atoms with van der Waals surface area (Å²) in [5, 5.41) is 30.7. The SMILES string of the molecule is CC(O)C(NC(=O)c1ccc(F)cc1[N+](=O)[O-])C(=O)O. The van der Waals surface area contributed by atoms with Crippen molar-refractivity contribution in [2.24, 2.45) is 0 Å². The second-order valence-corrected chi connectivity index (χ2v) is 3.95. The number of nitro benzene ring substituents is 1. The molecule has 1 aromatic carbocycles. The van der Waals surface area contributed by atoms with E-state index in [1.54, 1.807) is 0 Å². The Kier molecular flexibility index (Phi) is 4.70. The molecule has 0 saturated heterocycles. The van der Waals surface area contributed by atoms with Gasteiger partial charge in [0, 0.05) is 0 Å². The van der Waals surface area contributed by atoms with Crippen LogP contribution in [0.25, 0.3) is 0 Å². The van der Waals surface area contributed by atoms with E-state index >= 15 is 0 Å². The van der Waals surface area contributed by atoms with Gasteiger partial charge in [-0.1, -0.05) is 0 Å². The van der Waals surface area contributed by atoms with E-state index in [2.05, 4.69) is 0 Å². The lowest BCUT2D eigenvalue weighted by atomic mass is 10.1. The molecule has 1 aromatic rings. The standard InChI is InChI=1S/C11H11FN2O6/c1-5(15)9(11(17)18)13-10(16)7-3-2-6(12)4-8(7)14(19)20/h2-5,9,15H,1H3,(H,13,16)(H,17,18). The number of carboxylic acids is 1. The molecule has 2 atom stereocenters. The van der Waals surface area contributed by atoms with Gasteiger partial charge >= 0.3 is 5.97 Å². The summed E-state index contributed by atoms with van der Waals surface area (Å²) in [5.41, 5.74) is -1.29. The molecule has 0 aliphatic heterocycles. The van der Waals surface area contributed by atoms with Crippen LogP contribution in [-0.4, -0.2) is 39.2 Å². The number of halogens is 1. The van der Waals surface area contributed by atoms with Gasteiger partial charge in [0.05, 0.1) is 17.1 Å². The summed E-state index contributed by atoms with van der Waals surface area (Å²) in [7, 11) is 0. The van der Waals surface area contributed by atoms with Gasteiger partial charge < -0.3 is 15.5 Å². The molecule has 0 bridgehead atoms. The van der Waals surface area contributed by atoms with Crippen LogP contribution in [0.2, 0.25) is 0 Å². The largest absolute Gasteiger partial charge is 0.480 e. The summed E-state index contributed by atoms with van der Waals surface area (Å²) in [6, 6.07) is 0.615. The molecule has 8 nitrogen and oxygen atoms in total. The maximum Gasteiger partial charge on any atom is 0.328 e. The highest BCUT2D eigenvalue weighted by Gasteiger charge is 2.28. The highest BCUT2D eigenvalue weighted by molar-refractivity contribution is 6.00. The molecule has 0 radical (unpaired) electrons. The summed E-state index contributed by atoms with van der Waals surface area (Å²) >= 11 is 0. The Morgan fingerprint density at radius 1 is 1.45 bits per heavy atom. The topological polar surface area (TPSA) is 130 Å². The number of hydrogen-bond donors (Lipinski definition) is 3. The fraction of sp³-hybridized carbons (Fsp3) is 0.273. The number of nitrogens with one attached hydrogen (secondary N) is 1. The first-order valence-corrected chi connectivity index (χ1v) is 5.39. The van der Waals surface area contributed by atoms with Gasteiger partial charge in [-0.15, -0.1) is 0 Å². The molecule has 0 aromatic heterocycles. The Hall–Kier alpha value is -2.55. The third-order valence-corrected chi connectivity index (χ3v) is 2.44. The van der Waals surface area contributed by atoms with Crippen LogP contribution in [-0.2, 0) is 4.79 Å². The number of nitrogens with zero attached hydrogens (tertiary/aromatic N) is 1. The predicted octanol–water partition coefficient (Wildman–Crippen LogP) is 0.298. The van der Waals surface area contributed by atoms with Gasteiger partial charge in [0.25, 0.3) is 11.6 Å². The summed E-state index contributed by atoms with van der Waals surface area (Å²) in [6.45, 7) is 1.14. The van der Waals surface area contributed by atoms with E-state index in [0.717, 1.165) is 19.1 Å². The van der Waals surface area contributed by atoms with Gasteiger partial charge in [-0.3, -0.25) is 14.9 Å². The van der Waals surface area contributed by atoms with Gasteiger partial charge in [-0.25, -0.2) is 9.18 Å². The number of rotatable bonds is 5. The molecule has 3 N–H and O–H groups in total. The Morgan fingerprint density at radius 3 is 2.50 bits per heavy atom. The summed E-state index contributed by atoms with van der Waals surface area (Å²) in [5.74, 6) is -3.50. The quantitative estimate of drug-likeness (QED) is 0.527. The fourth-order valence-electron chi connectivity index (χ4n) is 1.46. The van der Waals surface area contributed by atoms with Crippen molar-refractivity contribution in [1.82, 2.24) is 5.32 Å². The number of aliphatic hydroxyl groups is 1. The van der Waals surface area contributed by atoms with E-state index in [4.69, 9.17) is 5.11 Å². The van der Waals surface area contributed by atoms with Gasteiger partial charge in [0.15, 0.2) is 6.04 Å². The molecule has 20 heavy (non-hydrogen) atoms. The predicted molar refractivity (Wildman–Crippen MR) is 63.6 cm³/mol. The van der Waals surface area contributed by atoms with E-state index in [9.17, 15) is 29.2 Å². The van der Waals surface area contributed by atoms with Crippen LogP contribution in [0.3, 0.4) is 0 Å². The van der Waals surface area contributed by atoms with Crippen molar-refractivity contribution < 1.29 is 29.1 Å². The number of carboxylic acid groups (broad SMARTS) is 1. The molecular formula is C11H11FN2O6. The van der Waals surface area contributed by atoms with Crippen LogP contribution < -0.4 is 5.32 Å². The zero-order valence-corrected chi connectivity index (χ0v) is 10.2. The summed E-state index contributed by atoms with van der Waals surface area (Å²) in [6.07, 6.45) is -1.41. The number of hydrogen-bond acceptors (Lipinski definition) is 5. The first-order valence-electron chi connectivity index (χ1n) is 5.39. The lowest BCUT2D eigenvalue weighted by Gasteiger charge is -2.16. The molecule has 0 spiro atoms. The van der Waals surface area contributed by atoms with Crippen molar-refractivity contribution in [1.29, 1.82) is 0 Å². The van der Waals surface area contributed by atoms with Crippen LogP contribution in [0.15, 0.2) is 18.2 Å². The van der Waals surface area contributed by atoms with Crippen molar-refractivity contribution in [3.63, 3.8) is 0 Å². The molecule has 2 unspecified atom stereocenters. The third kappa shape index (κ3) is 3.48. The number of carbonyl (C=O) groups is 2. The average Bonchev–Trinajstić information content (AvgIpc) is 2.34. The Bertz CT molecular complexity index is 560. The van der Waals surface area contributed by atoms with E-state index in [1.165, 1.54) is 0 Å². The van der Waals surface area contributed by atoms with Gasteiger partial charge in [0.1, 0.15) is 11.4 Å². The van der Waals surface area contributed by atoms with Crippen molar-refractivity contribution in [3.05, 3.63) is 39.7 Å². The second kappa shape index (κ2) is 6.06. The Balaban J connectivity index is 3.09. The first kappa shape index (κ1) is 15.5. The molecule has 0 fully saturated rings. The lowest BCUT2D eigenvalue weighted by molar-refractivity contribution is -0.385. The highest BCUT2D eigenvalue weighted by Crippen LogP contribution is 2.19. The molecule has 1 rings (SSSR count). The van der Waals surface area contributed by atoms with Crippen LogP contribution >= 0.6 is 0 Å². The van der Waals surface area contributed by atoms with E-state index in [-0.39, 0.29) is 0 Å². The van der Waals surface area contributed by atoms with Crippen LogP contribution in [0, 0.1) is 15.9 Å². The number of benzene rings is 1. The third-order valence-electron chi connectivity index (χ3n) is 2.44. The van der Waals surface area contributed by atoms with Crippen LogP contribution in [0.1, 0.15) is 17.3 Å². The molecule has 0 aliphatic rings. The fourth-order valence-corrected chi connectivity index (χ4v) is 1.46. The minimum Gasteiger partial charge on any atom is -0.480 e. The lowest BCUT2D eigenvalue weighted by Crippen LogP contribution is -2.47. The Labute approximate surface area is 112 Å². The van der Waals surface area contributed by atoms with Crippen molar-refractivity contribution >= 4 is 17.6 Å². The summed E-state index contributed by atoms with van der Waals surface area (Å²) in [4.78, 5) is 32.4. The van der Waals surface area contributed by atoms with Crippen LogP contribution in [0.4, 0.5) is 10.1 Å². The van der Waals surface area contributed by atoms with E-state index < -0.39 is 46.0 Å². The zero-order valence-electron chi connectivity index (χ0n) is 10.2. The monoisotopic (exact) mass is 286 g/mol. The molecule has 108 valence electrons. The van der Waals surface area contributed by atoms with Crippen molar-refractivity contribution in [3.8, 4) is 0 Å². The highest BCUT2D eigenvalue weighted by atomic mass is 19.1. The smallest absolute Gasteiger partial charge is 0.328 e. The van der Waals surface area contributed by atoms with E-state index in [0.29, 0.717) is 6.07 Å². The molecule has 9 heteroatoms. The molecule has 1 amide bonds. The van der Waals surface area contributed by atoms with Crippen molar-refractivity contribution in [2.45, 2.75) is 19.1 Å². The maximum absolute atomic E-state index is 12.9. The van der Waals surface area contributed by atoms with Gasteiger partial charge in [0.2, 0.25) is 0 Å².